The first-order valence-corrected chi connectivity index (χ1v) is 5.94. The standard InChI is InChI=1S/C14H21NO2/c1-9(2)12-7-11(14(4,5)6)8-13(10(12)3)15(16)17/h7-9H,1-6H3. The fourth-order valence-electron chi connectivity index (χ4n) is 1.94. The van der Waals surface area contributed by atoms with Crippen LogP contribution in [0.3, 0.4) is 0 Å². The molecule has 3 nitrogen and oxygen atoms in total. The third kappa shape index (κ3) is 2.84. The molecule has 94 valence electrons. The third-order valence-corrected chi connectivity index (χ3v) is 3.11. The summed E-state index contributed by atoms with van der Waals surface area (Å²) in [5, 5.41) is 11.1. The smallest absolute Gasteiger partial charge is 0.258 e. The Kier molecular flexibility index (Phi) is 3.60. The minimum Gasteiger partial charge on any atom is -0.258 e. The minimum absolute atomic E-state index is 0.0674. The number of rotatable bonds is 2. The van der Waals surface area contributed by atoms with Crippen LogP contribution in [0.1, 0.15) is 57.2 Å². The van der Waals surface area contributed by atoms with Crippen molar-refractivity contribution in [1.29, 1.82) is 0 Å². The van der Waals surface area contributed by atoms with E-state index in [1.165, 1.54) is 0 Å². The highest BCUT2D eigenvalue weighted by atomic mass is 16.6. The summed E-state index contributed by atoms with van der Waals surface area (Å²) in [5.74, 6) is 0.302. The van der Waals surface area contributed by atoms with Gasteiger partial charge < -0.3 is 0 Å². The Balaban J connectivity index is 3.53. The Labute approximate surface area is 103 Å². The fourth-order valence-corrected chi connectivity index (χ4v) is 1.94. The normalized spacial score (nSPS) is 11.9. The van der Waals surface area contributed by atoms with E-state index in [1.807, 2.05) is 6.92 Å². The molecule has 0 bridgehead atoms. The second kappa shape index (κ2) is 4.47. The maximum absolute atomic E-state index is 11.1. The second-order valence-corrected chi connectivity index (χ2v) is 5.87. The molecule has 0 aliphatic heterocycles. The van der Waals surface area contributed by atoms with Crippen LogP contribution >= 0.6 is 0 Å². The Hall–Kier alpha value is -1.38. The lowest BCUT2D eigenvalue weighted by atomic mass is 9.83. The van der Waals surface area contributed by atoms with Gasteiger partial charge in [-0.3, -0.25) is 10.1 Å². The van der Waals surface area contributed by atoms with E-state index in [0.717, 1.165) is 16.7 Å². The molecule has 1 aromatic rings. The van der Waals surface area contributed by atoms with Crippen molar-refractivity contribution in [3.63, 3.8) is 0 Å². The Bertz CT molecular complexity index is 442. The minimum atomic E-state index is -0.281. The molecule has 0 aliphatic carbocycles. The highest BCUT2D eigenvalue weighted by molar-refractivity contribution is 5.50. The van der Waals surface area contributed by atoms with Gasteiger partial charge in [0.05, 0.1) is 4.92 Å². The van der Waals surface area contributed by atoms with Gasteiger partial charge in [0.2, 0.25) is 0 Å². The van der Waals surface area contributed by atoms with Crippen LogP contribution in [0.4, 0.5) is 5.69 Å². The molecule has 0 spiro atoms. The Morgan fingerprint density at radius 3 is 2.12 bits per heavy atom. The lowest BCUT2D eigenvalue weighted by molar-refractivity contribution is -0.385. The van der Waals surface area contributed by atoms with Gasteiger partial charge in [0.25, 0.3) is 5.69 Å². The van der Waals surface area contributed by atoms with Crippen molar-refractivity contribution in [2.45, 2.75) is 52.9 Å². The summed E-state index contributed by atoms with van der Waals surface area (Å²) in [6.45, 7) is 12.2. The summed E-state index contributed by atoms with van der Waals surface area (Å²) in [5.41, 5.74) is 3.06. The van der Waals surface area contributed by atoms with Crippen LogP contribution in [-0.2, 0) is 5.41 Å². The first-order chi connectivity index (χ1) is 7.64. The number of nitro groups is 1. The van der Waals surface area contributed by atoms with Crippen molar-refractivity contribution >= 4 is 5.69 Å². The number of hydrogen-bond donors (Lipinski definition) is 0. The molecular weight excluding hydrogens is 214 g/mol. The van der Waals surface area contributed by atoms with Crippen LogP contribution in [0.25, 0.3) is 0 Å². The van der Waals surface area contributed by atoms with Crippen molar-refractivity contribution in [1.82, 2.24) is 0 Å². The molecule has 1 aromatic carbocycles. The molecule has 0 heterocycles. The molecule has 0 saturated heterocycles. The van der Waals surface area contributed by atoms with Crippen molar-refractivity contribution in [3.8, 4) is 0 Å². The SMILES string of the molecule is Cc1c(C(C)C)cc(C(C)(C)C)cc1[N+](=O)[O-]. The van der Waals surface area contributed by atoms with Gasteiger partial charge in [0, 0.05) is 11.6 Å². The Morgan fingerprint density at radius 2 is 1.76 bits per heavy atom. The summed E-state index contributed by atoms with van der Waals surface area (Å²) < 4.78 is 0. The quantitative estimate of drug-likeness (QED) is 0.565. The molecule has 0 N–H and O–H groups in total. The zero-order valence-electron chi connectivity index (χ0n) is 11.5. The summed E-state index contributed by atoms with van der Waals surface area (Å²) in [6, 6.07) is 3.81. The first-order valence-electron chi connectivity index (χ1n) is 5.94. The van der Waals surface area contributed by atoms with E-state index in [2.05, 4.69) is 40.7 Å². The molecular formula is C14H21NO2. The monoisotopic (exact) mass is 235 g/mol. The number of nitro benzene ring substituents is 1. The summed E-state index contributed by atoms with van der Waals surface area (Å²) in [7, 11) is 0. The van der Waals surface area contributed by atoms with E-state index in [-0.39, 0.29) is 16.0 Å². The van der Waals surface area contributed by atoms with Crippen LogP contribution in [0, 0.1) is 17.0 Å². The van der Waals surface area contributed by atoms with Gasteiger partial charge in [0.15, 0.2) is 0 Å². The molecule has 0 atom stereocenters. The molecule has 0 aliphatic rings. The summed E-state index contributed by atoms with van der Waals surface area (Å²) in [4.78, 5) is 10.8. The zero-order valence-corrected chi connectivity index (χ0v) is 11.5. The topological polar surface area (TPSA) is 43.1 Å². The predicted octanol–water partition coefficient (Wildman–Crippen LogP) is 4.32. The van der Waals surface area contributed by atoms with Crippen molar-refractivity contribution < 1.29 is 4.92 Å². The van der Waals surface area contributed by atoms with Crippen LogP contribution in [0.15, 0.2) is 12.1 Å². The first kappa shape index (κ1) is 13.7. The van der Waals surface area contributed by atoms with E-state index < -0.39 is 0 Å². The van der Waals surface area contributed by atoms with Gasteiger partial charge in [-0.25, -0.2) is 0 Å². The van der Waals surface area contributed by atoms with Gasteiger partial charge in [-0.15, -0.1) is 0 Å². The van der Waals surface area contributed by atoms with Gasteiger partial charge in [-0.2, -0.15) is 0 Å². The maximum Gasteiger partial charge on any atom is 0.272 e. The zero-order chi connectivity index (χ0) is 13.4. The van der Waals surface area contributed by atoms with Crippen molar-refractivity contribution in [2.75, 3.05) is 0 Å². The van der Waals surface area contributed by atoms with E-state index in [9.17, 15) is 10.1 Å². The van der Waals surface area contributed by atoms with E-state index in [1.54, 1.807) is 6.07 Å². The van der Waals surface area contributed by atoms with Crippen molar-refractivity contribution in [2.24, 2.45) is 0 Å². The van der Waals surface area contributed by atoms with Crippen LogP contribution < -0.4 is 0 Å². The van der Waals surface area contributed by atoms with E-state index in [4.69, 9.17) is 0 Å². The third-order valence-electron chi connectivity index (χ3n) is 3.11. The molecule has 3 heteroatoms. The molecule has 0 radical (unpaired) electrons. The summed E-state index contributed by atoms with van der Waals surface area (Å²) >= 11 is 0. The molecule has 0 fully saturated rings. The predicted molar refractivity (Wildman–Crippen MR) is 70.6 cm³/mol. The van der Waals surface area contributed by atoms with Crippen molar-refractivity contribution in [3.05, 3.63) is 38.9 Å². The van der Waals surface area contributed by atoms with Gasteiger partial charge >= 0.3 is 0 Å². The average molecular weight is 235 g/mol. The van der Waals surface area contributed by atoms with Gasteiger partial charge in [-0.05, 0) is 29.4 Å². The summed E-state index contributed by atoms with van der Waals surface area (Å²) in [6.07, 6.45) is 0. The molecule has 1 rings (SSSR count). The number of benzene rings is 1. The maximum atomic E-state index is 11.1. The molecule has 0 unspecified atom stereocenters. The number of hydrogen-bond acceptors (Lipinski definition) is 2. The van der Waals surface area contributed by atoms with E-state index >= 15 is 0 Å². The second-order valence-electron chi connectivity index (χ2n) is 5.87. The van der Waals surface area contributed by atoms with Gasteiger partial charge in [-0.1, -0.05) is 40.7 Å². The molecule has 17 heavy (non-hydrogen) atoms. The van der Waals surface area contributed by atoms with E-state index in [0.29, 0.717) is 5.92 Å². The largest absolute Gasteiger partial charge is 0.272 e. The average Bonchev–Trinajstić information content (AvgIpc) is 2.14. The molecule has 0 aromatic heterocycles. The highest BCUT2D eigenvalue weighted by Crippen LogP contribution is 2.33. The lowest BCUT2D eigenvalue weighted by Crippen LogP contribution is -2.13. The molecule has 0 amide bonds. The molecule has 0 saturated carbocycles. The Morgan fingerprint density at radius 1 is 1.24 bits per heavy atom. The van der Waals surface area contributed by atoms with Crippen LogP contribution in [0.2, 0.25) is 0 Å². The van der Waals surface area contributed by atoms with Gasteiger partial charge in [0.1, 0.15) is 0 Å². The van der Waals surface area contributed by atoms with Crippen LogP contribution in [0.5, 0.6) is 0 Å². The number of nitrogens with zero attached hydrogens (tertiary/aromatic N) is 1. The van der Waals surface area contributed by atoms with Crippen LogP contribution in [-0.4, -0.2) is 4.92 Å². The fraction of sp³-hybridized carbons (Fsp3) is 0.571. The lowest BCUT2D eigenvalue weighted by Gasteiger charge is -2.22. The highest BCUT2D eigenvalue weighted by Gasteiger charge is 2.23.